The van der Waals surface area contributed by atoms with Crippen molar-refractivity contribution in [1.29, 1.82) is 0 Å². The lowest BCUT2D eigenvalue weighted by molar-refractivity contribution is 0.0650. The number of halogens is 1. The average Bonchev–Trinajstić information content (AvgIpc) is 2.65. The van der Waals surface area contributed by atoms with Gasteiger partial charge in [0.15, 0.2) is 0 Å². The molecule has 0 bridgehead atoms. The number of hydrogen-bond donors (Lipinski definition) is 2. The molecule has 1 aromatic rings. The van der Waals surface area contributed by atoms with Crippen LogP contribution in [0, 0.1) is 0 Å². The van der Waals surface area contributed by atoms with Crippen LogP contribution in [0.2, 0.25) is 0 Å². The minimum absolute atomic E-state index is 0.0784. The van der Waals surface area contributed by atoms with Crippen molar-refractivity contribution in [3.05, 3.63) is 22.4 Å². The lowest BCUT2D eigenvalue weighted by Crippen LogP contribution is -2.52. The van der Waals surface area contributed by atoms with Crippen LogP contribution in [0.3, 0.4) is 0 Å². The van der Waals surface area contributed by atoms with Crippen molar-refractivity contribution in [2.75, 3.05) is 19.6 Å². The van der Waals surface area contributed by atoms with E-state index in [2.05, 4.69) is 33.2 Å². The van der Waals surface area contributed by atoms with E-state index in [1.54, 1.807) is 6.20 Å². The molecule has 1 saturated heterocycles. The Labute approximate surface area is 97.2 Å². The van der Waals surface area contributed by atoms with Gasteiger partial charge in [-0.15, -0.1) is 0 Å². The van der Waals surface area contributed by atoms with Crippen molar-refractivity contribution in [3.8, 4) is 0 Å². The number of aromatic amines is 1. The molecule has 0 saturated carbocycles. The molecule has 2 heterocycles. The number of carbonyl (C=O) groups excluding carboxylic acids is 1. The molecule has 2 rings (SSSR count). The highest BCUT2D eigenvalue weighted by atomic mass is 79.9. The molecule has 1 amide bonds. The van der Waals surface area contributed by atoms with E-state index >= 15 is 0 Å². The summed E-state index contributed by atoms with van der Waals surface area (Å²) in [6, 6.07) is 2.07. The zero-order valence-corrected chi connectivity index (χ0v) is 10.2. The average molecular weight is 272 g/mol. The number of aromatic nitrogens is 1. The molecule has 0 aromatic carbocycles. The van der Waals surface area contributed by atoms with Gasteiger partial charge in [-0.25, -0.2) is 0 Å². The smallest absolute Gasteiger partial charge is 0.270 e. The summed E-state index contributed by atoms with van der Waals surface area (Å²) < 4.78 is 0.911. The molecule has 1 aliphatic heterocycles. The molecule has 0 unspecified atom stereocenters. The number of hydrogen-bond acceptors (Lipinski definition) is 2. The fraction of sp³-hybridized carbons (Fsp3) is 0.500. The monoisotopic (exact) mass is 271 g/mol. The Morgan fingerprint density at radius 3 is 3.07 bits per heavy atom. The van der Waals surface area contributed by atoms with Gasteiger partial charge in [-0.1, -0.05) is 0 Å². The third kappa shape index (κ3) is 2.23. The van der Waals surface area contributed by atoms with Crippen molar-refractivity contribution in [1.82, 2.24) is 15.2 Å². The molecular weight excluding hydrogens is 258 g/mol. The normalized spacial score (nSPS) is 21.7. The maximum atomic E-state index is 12.1. The molecule has 82 valence electrons. The van der Waals surface area contributed by atoms with E-state index in [0.29, 0.717) is 5.69 Å². The Kier molecular flexibility index (Phi) is 3.11. The first-order valence-corrected chi connectivity index (χ1v) is 5.83. The van der Waals surface area contributed by atoms with Crippen molar-refractivity contribution in [2.24, 2.45) is 0 Å². The number of H-pyrrole nitrogens is 1. The highest BCUT2D eigenvalue weighted by Crippen LogP contribution is 2.14. The second kappa shape index (κ2) is 4.37. The lowest BCUT2D eigenvalue weighted by atomic mass is 10.2. The van der Waals surface area contributed by atoms with Gasteiger partial charge >= 0.3 is 0 Å². The van der Waals surface area contributed by atoms with E-state index in [4.69, 9.17) is 0 Å². The number of rotatable bonds is 1. The van der Waals surface area contributed by atoms with E-state index in [1.165, 1.54) is 0 Å². The molecule has 15 heavy (non-hydrogen) atoms. The van der Waals surface area contributed by atoms with Crippen molar-refractivity contribution >= 4 is 21.8 Å². The summed E-state index contributed by atoms with van der Waals surface area (Å²) in [5, 5.41) is 3.26. The van der Waals surface area contributed by atoms with Crippen molar-refractivity contribution in [2.45, 2.75) is 13.0 Å². The van der Waals surface area contributed by atoms with Crippen LogP contribution in [0.5, 0.6) is 0 Å². The zero-order valence-electron chi connectivity index (χ0n) is 8.59. The first-order chi connectivity index (χ1) is 7.18. The summed E-state index contributed by atoms with van der Waals surface area (Å²) in [6.45, 7) is 4.57. The van der Waals surface area contributed by atoms with Gasteiger partial charge in [0, 0.05) is 36.3 Å². The maximum Gasteiger partial charge on any atom is 0.270 e. The van der Waals surface area contributed by atoms with Crippen LogP contribution >= 0.6 is 15.9 Å². The predicted molar refractivity (Wildman–Crippen MR) is 61.9 cm³/mol. The molecule has 0 aliphatic carbocycles. The summed E-state index contributed by atoms with van der Waals surface area (Å²) in [5.74, 6) is 0.0784. The zero-order chi connectivity index (χ0) is 10.8. The first-order valence-electron chi connectivity index (χ1n) is 5.04. The van der Waals surface area contributed by atoms with E-state index in [-0.39, 0.29) is 11.9 Å². The summed E-state index contributed by atoms with van der Waals surface area (Å²) in [5.41, 5.74) is 0.649. The highest BCUT2D eigenvalue weighted by molar-refractivity contribution is 9.10. The van der Waals surface area contributed by atoms with Gasteiger partial charge in [-0.3, -0.25) is 4.79 Å². The van der Waals surface area contributed by atoms with Crippen LogP contribution in [-0.2, 0) is 0 Å². The van der Waals surface area contributed by atoms with Gasteiger partial charge in [-0.05, 0) is 28.9 Å². The van der Waals surface area contributed by atoms with E-state index in [0.717, 1.165) is 24.1 Å². The summed E-state index contributed by atoms with van der Waals surface area (Å²) in [4.78, 5) is 16.9. The van der Waals surface area contributed by atoms with Gasteiger partial charge < -0.3 is 15.2 Å². The Morgan fingerprint density at radius 1 is 1.67 bits per heavy atom. The molecule has 1 aromatic heterocycles. The fourth-order valence-corrected chi connectivity index (χ4v) is 2.13. The van der Waals surface area contributed by atoms with Crippen LogP contribution in [0.15, 0.2) is 16.7 Å². The van der Waals surface area contributed by atoms with Crippen LogP contribution in [0.25, 0.3) is 0 Å². The molecule has 1 aliphatic rings. The standard InChI is InChI=1S/C10H14BrN3O/c1-7-5-12-2-3-14(7)10(15)9-4-8(11)6-13-9/h4,6-7,12-13H,2-3,5H2,1H3/t7-/m0/s1. The van der Waals surface area contributed by atoms with Gasteiger partial charge in [0.2, 0.25) is 0 Å². The molecule has 0 spiro atoms. The number of amides is 1. The first kappa shape index (κ1) is 10.7. The summed E-state index contributed by atoms with van der Waals surface area (Å²) in [7, 11) is 0. The maximum absolute atomic E-state index is 12.1. The van der Waals surface area contributed by atoms with E-state index < -0.39 is 0 Å². The summed E-state index contributed by atoms with van der Waals surface area (Å²) in [6.07, 6.45) is 1.78. The van der Waals surface area contributed by atoms with E-state index in [9.17, 15) is 4.79 Å². The number of nitrogens with one attached hydrogen (secondary N) is 2. The van der Waals surface area contributed by atoms with E-state index in [1.807, 2.05) is 11.0 Å². The van der Waals surface area contributed by atoms with Crippen LogP contribution in [-0.4, -0.2) is 41.5 Å². The molecule has 5 heteroatoms. The highest BCUT2D eigenvalue weighted by Gasteiger charge is 2.24. The minimum Gasteiger partial charge on any atom is -0.356 e. The Bertz CT molecular complexity index is 363. The number of carbonyl (C=O) groups is 1. The molecule has 4 nitrogen and oxygen atoms in total. The van der Waals surface area contributed by atoms with Crippen LogP contribution < -0.4 is 5.32 Å². The third-order valence-electron chi connectivity index (χ3n) is 2.64. The van der Waals surface area contributed by atoms with Crippen molar-refractivity contribution < 1.29 is 4.79 Å². The Morgan fingerprint density at radius 2 is 2.47 bits per heavy atom. The molecule has 1 atom stereocenters. The predicted octanol–water partition coefficient (Wildman–Crippen LogP) is 1.21. The van der Waals surface area contributed by atoms with Gasteiger partial charge in [-0.2, -0.15) is 0 Å². The van der Waals surface area contributed by atoms with Crippen LogP contribution in [0.4, 0.5) is 0 Å². The molecule has 2 N–H and O–H groups in total. The van der Waals surface area contributed by atoms with Crippen molar-refractivity contribution in [3.63, 3.8) is 0 Å². The third-order valence-corrected chi connectivity index (χ3v) is 3.10. The van der Waals surface area contributed by atoms with Gasteiger partial charge in [0.25, 0.3) is 5.91 Å². The van der Waals surface area contributed by atoms with Gasteiger partial charge in [0.05, 0.1) is 0 Å². The van der Waals surface area contributed by atoms with Crippen LogP contribution in [0.1, 0.15) is 17.4 Å². The quantitative estimate of drug-likeness (QED) is 0.807. The fourth-order valence-electron chi connectivity index (χ4n) is 1.79. The lowest BCUT2D eigenvalue weighted by Gasteiger charge is -2.33. The molecular formula is C10H14BrN3O. The Hall–Kier alpha value is -0.810. The number of piperazine rings is 1. The molecule has 0 radical (unpaired) electrons. The topological polar surface area (TPSA) is 48.1 Å². The molecule has 1 fully saturated rings. The Balaban J connectivity index is 2.13. The largest absolute Gasteiger partial charge is 0.356 e. The van der Waals surface area contributed by atoms with Gasteiger partial charge in [0.1, 0.15) is 5.69 Å². The second-order valence-electron chi connectivity index (χ2n) is 3.78. The second-order valence-corrected chi connectivity index (χ2v) is 4.70. The SMILES string of the molecule is C[C@H]1CNCCN1C(=O)c1cc(Br)c[nH]1. The minimum atomic E-state index is 0.0784. The summed E-state index contributed by atoms with van der Waals surface area (Å²) >= 11 is 3.33. The number of nitrogens with zero attached hydrogens (tertiary/aromatic N) is 1.